The number of carbonyl (C=O) groups excluding carboxylic acids is 1. The Labute approximate surface area is 188 Å². The quantitative estimate of drug-likeness (QED) is 0.459. The molecule has 0 bridgehead atoms. The zero-order valence-electron chi connectivity index (χ0n) is 18.4. The molecule has 3 rings (SSSR count). The molecule has 0 fully saturated rings. The fraction of sp³-hybridized carbons (Fsp3) is 0.391. The van der Waals surface area contributed by atoms with E-state index in [0.29, 0.717) is 29.7 Å². The maximum absolute atomic E-state index is 12.9. The number of para-hydroxylation sites is 1. The summed E-state index contributed by atoms with van der Waals surface area (Å²) in [6, 6.07) is 12.1. The lowest BCUT2D eigenvalue weighted by atomic mass is 10.0. The van der Waals surface area contributed by atoms with Crippen LogP contribution in [0.1, 0.15) is 62.4 Å². The minimum absolute atomic E-state index is 0.201. The van der Waals surface area contributed by atoms with E-state index in [2.05, 4.69) is 30.2 Å². The Hall–Kier alpha value is -2.29. The van der Waals surface area contributed by atoms with Gasteiger partial charge in [-0.1, -0.05) is 51.2 Å². The first kappa shape index (κ1) is 23.4. The Kier molecular flexibility index (Phi) is 7.46. The van der Waals surface area contributed by atoms with Gasteiger partial charge in [0.15, 0.2) is 5.13 Å². The van der Waals surface area contributed by atoms with Crippen molar-refractivity contribution in [3.8, 4) is 0 Å². The predicted molar refractivity (Wildman–Crippen MR) is 127 cm³/mol. The van der Waals surface area contributed by atoms with E-state index < -0.39 is 10.0 Å². The molecule has 1 N–H and O–H groups in total. The van der Waals surface area contributed by atoms with Crippen molar-refractivity contribution in [2.45, 2.75) is 51.3 Å². The number of benzene rings is 2. The summed E-state index contributed by atoms with van der Waals surface area (Å²) in [5.41, 5.74) is 2.44. The minimum Gasteiger partial charge on any atom is -0.298 e. The van der Waals surface area contributed by atoms with Gasteiger partial charge in [0.25, 0.3) is 5.91 Å². The standard InChI is InChI=1S/C23H29N3O3S2/c1-5-14-26(15-6-2)31(28,29)18-12-10-17(11-13-18)22(27)25-23-24-21-19(16(3)4)8-7-9-20(21)30-23/h7-13,16H,5-6,14-15H2,1-4H3,(H,24,25,27). The van der Waals surface area contributed by atoms with E-state index in [1.807, 2.05) is 26.0 Å². The van der Waals surface area contributed by atoms with Crippen molar-refractivity contribution in [2.24, 2.45) is 0 Å². The molecule has 0 spiro atoms. The highest BCUT2D eigenvalue weighted by Crippen LogP contribution is 2.31. The molecule has 0 saturated carbocycles. The summed E-state index contributed by atoms with van der Waals surface area (Å²) in [6.07, 6.45) is 1.50. The summed E-state index contributed by atoms with van der Waals surface area (Å²) in [6.45, 7) is 9.10. The summed E-state index contributed by atoms with van der Waals surface area (Å²) >= 11 is 1.43. The number of amides is 1. The predicted octanol–water partition coefficient (Wildman–Crippen LogP) is 5.48. The lowest BCUT2D eigenvalue weighted by Crippen LogP contribution is -2.32. The van der Waals surface area contributed by atoms with Crippen LogP contribution in [0.25, 0.3) is 10.2 Å². The molecule has 0 aliphatic rings. The Bertz CT molecular complexity index is 1150. The molecular formula is C23H29N3O3S2. The molecule has 1 heterocycles. The van der Waals surface area contributed by atoms with Crippen LogP contribution in [-0.4, -0.2) is 36.7 Å². The Morgan fingerprint density at radius 3 is 2.29 bits per heavy atom. The first-order chi connectivity index (χ1) is 14.8. The van der Waals surface area contributed by atoms with E-state index in [-0.39, 0.29) is 10.8 Å². The number of anilines is 1. The second-order valence-electron chi connectivity index (χ2n) is 7.75. The number of hydrogen-bond acceptors (Lipinski definition) is 5. The van der Waals surface area contributed by atoms with Crippen molar-refractivity contribution < 1.29 is 13.2 Å². The monoisotopic (exact) mass is 459 g/mol. The molecule has 1 aromatic heterocycles. The van der Waals surface area contributed by atoms with Crippen LogP contribution in [0.3, 0.4) is 0 Å². The van der Waals surface area contributed by atoms with Crippen LogP contribution >= 0.6 is 11.3 Å². The van der Waals surface area contributed by atoms with Gasteiger partial charge >= 0.3 is 0 Å². The maximum Gasteiger partial charge on any atom is 0.257 e. The van der Waals surface area contributed by atoms with Crippen LogP contribution in [0.4, 0.5) is 5.13 Å². The van der Waals surface area contributed by atoms with Crippen molar-refractivity contribution in [1.29, 1.82) is 0 Å². The van der Waals surface area contributed by atoms with Crippen molar-refractivity contribution in [3.63, 3.8) is 0 Å². The molecule has 166 valence electrons. The number of aromatic nitrogens is 1. The number of fused-ring (bicyclic) bond motifs is 1. The largest absolute Gasteiger partial charge is 0.298 e. The van der Waals surface area contributed by atoms with Gasteiger partial charge in [-0.3, -0.25) is 10.1 Å². The number of sulfonamides is 1. The van der Waals surface area contributed by atoms with Crippen molar-refractivity contribution in [2.75, 3.05) is 18.4 Å². The fourth-order valence-corrected chi connectivity index (χ4v) is 5.96. The van der Waals surface area contributed by atoms with Crippen LogP contribution in [-0.2, 0) is 10.0 Å². The first-order valence-corrected chi connectivity index (χ1v) is 12.8. The lowest BCUT2D eigenvalue weighted by Gasteiger charge is -2.21. The first-order valence-electron chi connectivity index (χ1n) is 10.6. The topological polar surface area (TPSA) is 79.4 Å². The number of rotatable bonds is 9. The van der Waals surface area contributed by atoms with E-state index in [9.17, 15) is 13.2 Å². The lowest BCUT2D eigenvalue weighted by molar-refractivity contribution is 0.102. The van der Waals surface area contributed by atoms with Gasteiger partial charge in [-0.05, 0) is 54.7 Å². The number of nitrogens with one attached hydrogen (secondary N) is 1. The molecule has 0 radical (unpaired) electrons. The summed E-state index contributed by atoms with van der Waals surface area (Å²) in [5.74, 6) is 0.0249. The van der Waals surface area contributed by atoms with E-state index in [4.69, 9.17) is 0 Å². The highest BCUT2D eigenvalue weighted by molar-refractivity contribution is 7.89. The number of hydrogen-bond donors (Lipinski definition) is 1. The molecule has 0 saturated heterocycles. The molecule has 0 aliphatic carbocycles. The zero-order chi connectivity index (χ0) is 22.6. The van der Waals surface area contributed by atoms with E-state index >= 15 is 0 Å². The van der Waals surface area contributed by atoms with Gasteiger partial charge in [0.05, 0.1) is 15.1 Å². The Balaban J connectivity index is 1.79. The van der Waals surface area contributed by atoms with Crippen LogP contribution in [0.5, 0.6) is 0 Å². The Morgan fingerprint density at radius 1 is 1.06 bits per heavy atom. The van der Waals surface area contributed by atoms with Crippen molar-refractivity contribution in [1.82, 2.24) is 9.29 Å². The molecular weight excluding hydrogens is 430 g/mol. The summed E-state index contributed by atoms with van der Waals surface area (Å²) in [4.78, 5) is 17.5. The Morgan fingerprint density at radius 2 is 1.71 bits per heavy atom. The average Bonchev–Trinajstić information content (AvgIpc) is 3.15. The highest BCUT2D eigenvalue weighted by atomic mass is 32.2. The molecule has 1 amide bonds. The van der Waals surface area contributed by atoms with Crippen LogP contribution in [0, 0.1) is 0 Å². The van der Waals surface area contributed by atoms with Gasteiger partial charge in [-0.15, -0.1) is 0 Å². The molecule has 31 heavy (non-hydrogen) atoms. The van der Waals surface area contributed by atoms with Gasteiger partial charge in [0.2, 0.25) is 10.0 Å². The van der Waals surface area contributed by atoms with E-state index in [1.54, 1.807) is 12.1 Å². The molecule has 3 aromatic rings. The summed E-state index contributed by atoms with van der Waals surface area (Å²) < 4.78 is 28.3. The number of carbonyl (C=O) groups is 1. The molecule has 6 nitrogen and oxygen atoms in total. The molecule has 0 aliphatic heterocycles. The number of thiazole rings is 1. The minimum atomic E-state index is -3.57. The third-order valence-electron chi connectivity index (χ3n) is 4.99. The fourth-order valence-electron chi connectivity index (χ4n) is 3.44. The molecule has 0 atom stereocenters. The van der Waals surface area contributed by atoms with Gasteiger partial charge in [0.1, 0.15) is 0 Å². The summed E-state index contributed by atoms with van der Waals surface area (Å²) in [7, 11) is -3.57. The van der Waals surface area contributed by atoms with Gasteiger partial charge < -0.3 is 0 Å². The SMILES string of the molecule is CCCN(CCC)S(=O)(=O)c1ccc(C(=O)Nc2nc3c(C(C)C)cccc3s2)cc1. The normalized spacial score (nSPS) is 12.1. The van der Waals surface area contributed by atoms with Gasteiger partial charge in [0, 0.05) is 18.7 Å². The highest BCUT2D eigenvalue weighted by Gasteiger charge is 2.23. The van der Waals surface area contributed by atoms with Crippen LogP contribution in [0.15, 0.2) is 47.4 Å². The van der Waals surface area contributed by atoms with E-state index in [0.717, 1.165) is 28.6 Å². The van der Waals surface area contributed by atoms with Gasteiger partial charge in [-0.25, -0.2) is 13.4 Å². The third kappa shape index (κ3) is 5.14. The average molecular weight is 460 g/mol. The van der Waals surface area contributed by atoms with Crippen LogP contribution in [0.2, 0.25) is 0 Å². The maximum atomic E-state index is 12.9. The second kappa shape index (κ2) is 9.89. The zero-order valence-corrected chi connectivity index (χ0v) is 20.0. The smallest absolute Gasteiger partial charge is 0.257 e. The van der Waals surface area contributed by atoms with E-state index in [1.165, 1.54) is 27.8 Å². The number of nitrogens with zero attached hydrogens (tertiary/aromatic N) is 2. The van der Waals surface area contributed by atoms with Crippen molar-refractivity contribution in [3.05, 3.63) is 53.6 Å². The van der Waals surface area contributed by atoms with Crippen molar-refractivity contribution >= 4 is 42.6 Å². The van der Waals surface area contributed by atoms with Gasteiger partial charge in [-0.2, -0.15) is 4.31 Å². The summed E-state index contributed by atoms with van der Waals surface area (Å²) in [5, 5.41) is 3.37. The molecule has 8 heteroatoms. The molecule has 2 aromatic carbocycles. The molecule has 0 unspecified atom stereocenters. The third-order valence-corrected chi connectivity index (χ3v) is 7.84. The second-order valence-corrected chi connectivity index (χ2v) is 10.7. The van der Waals surface area contributed by atoms with Crippen LogP contribution < -0.4 is 5.32 Å².